The first-order chi connectivity index (χ1) is 11.6. The molecule has 3 rings (SSSR count). The van der Waals surface area contributed by atoms with Crippen molar-refractivity contribution >= 4 is 17.5 Å². The highest BCUT2D eigenvalue weighted by Gasteiger charge is 2.38. The summed E-state index contributed by atoms with van der Waals surface area (Å²) < 4.78 is 0. The standard InChI is InChI=1S/C18H23ClN4O/c1-13(24)12-22-17-21-9-6-16(23-17)18(7-10-20-11-8-18)14-4-2-3-5-15(14)19/h2-6,9,13,20,24H,7-8,10-12H2,1H3,(H,21,22,23). The number of hydrogen-bond donors (Lipinski definition) is 3. The number of aromatic nitrogens is 2. The van der Waals surface area contributed by atoms with Gasteiger partial charge in [-0.1, -0.05) is 29.8 Å². The summed E-state index contributed by atoms with van der Waals surface area (Å²) in [6, 6.07) is 9.99. The average Bonchev–Trinajstić information content (AvgIpc) is 2.61. The maximum Gasteiger partial charge on any atom is 0.222 e. The molecule has 2 heterocycles. The fraction of sp³-hybridized carbons (Fsp3) is 0.444. The van der Waals surface area contributed by atoms with Gasteiger partial charge in [-0.05, 0) is 50.6 Å². The monoisotopic (exact) mass is 346 g/mol. The van der Waals surface area contributed by atoms with E-state index >= 15 is 0 Å². The smallest absolute Gasteiger partial charge is 0.222 e. The van der Waals surface area contributed by atoms with Gasteiger partial charge in [-0.25, -0.2) is 9.97 Å². The second-order valence-corrected chi connectivity index (χ2v) is 6.71. The van der Waals surface area contributed by atoms with E-state index in [0.717, 1.165) is 42.2 Å². The van der Waals surface area contributed by atoms with Crippen LogP contribution in [0.4, 0.5) is 5.95 Å². The third kappa shape index (κ3) is 3.53. The molecule has 0 aliphatic carbocycles. The number of aliphatic hydroxyl groups excluding tert-OH is 1. The Morgan fingerprint density at radius 3 is 2.75 bits per heavy atom. The topological polar surface area (TPSA) is 70.1 Å². The lowest BCUT2D eigenvalue weighted by molar-refractivity contribution is 0.208. The number of piperidine rings is 1. The molecule has 3 N–H and O–H groups in total. The lowest BCUT2D eigenvalue weighted by Gasteiger charge is -2.38. The lowest BCUT2D eigenvalue weighted by atomic mass is 9.70. The van der Waals surface area contributed by atoms with Gasteiger partial charge >= 0.3 is 0 Å². The summed E-state index contributed by atoms with van der Waals surface area (Å²) >= 11 is 6.53. The number of halogens is 1. The van der Waals surface area contributed by atoms with Crippen LogP contribution in [0.2, 0.25) is 5.02 Å². The molecular weight excluding hydrogens is 324 g/mol. The average molecular weight is 347 g/mol. The molecule has 0 radical (unpaired) electrons. The minimum Gasteiger partial charge on any atom is -0.392 e. The fourth-order valence-electron chi connectivity index (χ4n) is 3.32. The van der Waals surface area contributed by atoms with Gasteiger partial charge < -0.3 is 15.7 Å². The van der Waals surface area contributed by atoms with Gasteiger partial charge in [0.1, 0.15) is 0 Å². The van der Waals surface area contributed by atoms with E-state index in [2.05, 4.69) is 21.7 Å². The molecular formula is C18H23ClN4O. The zero-order valence-corrected chi connectivity index (χ0v) is 14.6. The summed E-state index contributed by atoms with van der Waals surface area (Å²) in [5, 5.41) is 16.7. The highest BCUT2D eigenvalue weighted by Crippen LogP contribution is 2.42. The molecule has 0 spiro atoms. The Morgan fingerprint density at radius 2 is 2.04 bits per heavy atom. The summed E-state index contributed by atoms with van der Waals surface area (Å²) in [6.45, 7) is 4.00. The van der Waals surface area contributed by atoms with Crippen LogP contribution in [0.25, 0.3) is 0 Å². The molecule has 24 heavy (non-hydrogen) atoms. The normalized spacial score (nSPS) is 18.1. The van der Waals surface area contributed by atoms with E-state index in [4.69, 9.17) is 16.6 Å². The molecule has 1 aliphatic heterocycles. The molecule has 1 fully saturated rings. The van der Waals surface area contributed by atoms with Crippen molar-refractivity contribution in [3.8, 4) is 0 Å². The highest BCUT2D eigenvalue weighted by atomic mass is 35.5. The molecule has 6 heteroatoms. The first kappa shape index (κ1) is 17.1. The number of aliphatic hydroxyl groups is 1. The van der Waals surface area contributed by atoms with Gasteiger partial charge in [0, 0.05) is 23.2 Å². The number of benzene rings is 1. The molecule has 1 atom stereocenters. The molecule has 1 aliphatic rings. The van der Waals surface area contributed by atoms with Gasteiger partial charge in [0.2, 0.25) is 5.95 Å². The van der Waals surface area contributed by atoms with Gasteiger partial charge in [0.05, 0.1) is 11.8 Å². The van der Waals surface area contributed by atoms with Crippen molar-refractivity contribution in [1.82, 2.24) is 15.3 Å². The minimum absolute atomic E-state index is 0.214. The third-order valence-electron chi connectivity index (χ3n) is 4.55. The van der Waals surface area contributed by atoms with Crippen LogP contribution in [0.1, 0.15) is 31.0 Å². The predicted molar refractivity (Wildman–Crippen MR) is 96.5 cm³/mol. The van der Waals surface area contributed by atoms with Crippen molar-refractivity contribution < 1.29 is 5.11 Å². The van der Waals surface area contributed by atoms with E-state index in [9.17, 15) is 5.11 Å². The molecule has 1 unspecified atom stereocenters. The number of anilines is 1. The molecule has 0 saturated carbocycles. The van der Waals surface area contributed by atoms with Crippen molar-refractivity contribution in [3.63, 3.8) is 0 Å². The summed E-state index contributed by atoms with van der Waals surface area (Å²) in [4.78, 5) is 9.01. The molecule has 2 aromatic rings. The number of nitrogens with one attached hydrogen (secondary N) is 2. The summed E-state index contributed by atoms with van der Waals surface area (Å²) in [5.74, 6) is 0.540. The summed E-state index contributed by atoms with van der Waals surface area (Å²) in [6.07, 6.45) is 3.19. The highest BCUT2D eigenvalue weighted by molar-refractivity contribution is 6.31. The Hall–Kier alpha value is -1.69. The SMILES string of the molecule is CC(O)CNc1nccc(C2(c3ccccc3Cl)CCNCC2)n1. The van der Waals surface area contributed by atoms with Crippen LogP contribution in [-0.4, -0.2) is 40.8 Å². The largest absolute Gasteiger partial charge is 0.392 e. The quantitative estimate of drug-likeness (QED) is 0.776. The predicted octanol–water partition coefficient (Wildman–Crippen LogP) is 2.59. The van der Waals surface area contributed by atoms with E-state index in [1.807, 2.05) is 24.3 Å². The molecule has 1 aromatic carbocycles. The van der Waals surface area contributed by atoms with E-state index in [0.29, 0.717) is 12.5 Å². The van der Waals surface area contributed by atoms with Crippen molar-refractivity contribution in [2.24, 2.45) is 0 Å². The van der Waals surface area contributed by atoms with Crippen LogP contribution in [-0.2, 0) is 5.41 Å². The van der Waals surface area contributed by atoms with E-state index in [1.54, 1.807) is 13.1 Å². The first-order valence-corrected chi connectivity index (χ1v) is 8.71. The number of hydrogen-bond acceptors (Lipinski definition) is 5. The molecule has 0 bridgehead atoms. The second kappa shape index (κ2) is 7.47. The van der Waals surface area contributed by atoms with E-state index in [-0.39, 0.29) is 5.41 Å². The van der Waals surface area contributed by atoms with Gasteiger partial charge in [-0.3, -0.25) is 0 Å². The van der Waals surface area contributed by atoms with Gasteiger partial charge in [-0.15, -0.1) is 0 Å². The van der Waals surface area contributed by atoms with Crippen molar-refractivity contribution in [2.75, 3.05) is 25.0 Å². The Morgan fingerprint density at radius 1 is 1.29 bits per heavy atom. The molecule has 0 amide bonds. The molecule has 1 saturated heterocycles. The van der Waals surface area contributed by atoms with E-state index < -0.39 is 6.10 Å². The Balaban J connectivity index is 2.01. The minimum atomic E-state index is -0.450. The van der Waals surface area contributed by atoms with Gasteiger partial charge in [-0.2, -0.15) is 0 Å². The van der Waals surface area contributed by atoms with Crippen LogP contribution in [0, 0.1) is 0 Å². The van der Waals surface area contributed by atoms with Gasteiger partial charge in [0.15, 0.2) is 0 Å². The zero-order valence-electron chi connectivity index (χ0n) is 13.8. The van der Waals surface area contributed by atoms with Crippen LogP contribution < -0.4 is 10.6 Å². The maximum atomic E-state index is 9.45. The van der Waals surface area contributed by atoms with Crippen LogP contribution in [0.5, 0.6) is 0 Å². The van der Waals surface area contributed by atoms with Crippen LogP contribution >= 0.6 is 11.6 Å². The first-order valence-electron chi connectivity index (χ1n) is 8.33. The molecule has 1 aromatic heterocycles. The lowest BCUT2D eigenvalue weighted by Crippen LogP contribution is -2.41. The van der Waals surface area contributed by atoms with Crippen LogP contribution in [0.3, 0.4) is 0 Å². The Bertz CT molecular complexity index is 686. The zero-order chi connectivity index (χ0) is 17.0. The number of nitrogens with zero attached hydrogens (tertiary/aromatic N) is 2. The fourth-order valence-corrected chi connectivity index (χ4v) is 3.63. The summed E-state index contributed by atoms with van der Waals surface area (Å²) in [5.41, 5.74) is 1.88. The maximum absolute atomic E-state index is 9.45. The van der Waals surface area contributed by atoms with E-state index in [1.165, 1.54) is 0 Å². The second-order valence-electron chi connectivity index (χ2n) is 6.31. The van der Waals surface area contributed by atoms with Gasteiger partial charge in [0.25, 0.3) is 0 Å². The molecule has 128 valence electrons. The summed E-state index contributed by atoms with van der Waals surface area (Å²) in [7, 11) is 0. The third-order valence-corrected chi connectivity index (χ3v) is 4.88. The van der Waals surface area contributed by atoms with Crippen LogP contribution in [0.15, 0.2) is 36.5 Å². The Kier molecular flexibility index (Phi) is 5.33. The van der Waals surface area contributed by atoms with Crippen molar-refractivity contribution in [2.45, 2.75) is 31.3 Å². The van der Waals surface area contributed by atoms with Crippen molar-refractivity contribution in [3.05, 3.63) is 52.8 Å². The Labute approximate surface area is 147 Å². The van der Waals surface area contributed by atoms with Crippen molar-refractivity contribution in [1.29, 1.82) is 0 Å². The molecule has 5 nitrogen and oxygen atoms in total. The number of rotatable bonds is 5.